The molecule has 1 aromatic heterocycles. The van der Waals surface area contributed by atoms with Crippen LogP contribution in [0.4, 0.5) is 5.69 Å². The molecule has 1 saturated carbocycles. The summed E-state index contributed by atoms with van der Waals surface area (Å²) in [4.78, 5) is 40.9. The highest BCUT2D eigenvalue weighted by Gasteiger charge is 2.48. The Balaban J connectivity index is 1.57. The van der Waals surface area contributed by atoms with E-state index in [1.165, 1.54) is 10.7 Å². The molecule has 1 atom stereocenters. The minimum absolute atomic E-state index is 0.156. The summed E-state index contributed by atoms with van der Waals surface area (Å²) in [5, 5.41) is 10.4. The summed E-state index contributed by atoms with van der Waals surface area (Å²) in [7, 11) is 0. The number of benzene rings is 1. The normalized spacial score (nSPS) is 20.9. The maximum Gasteiger partial charge on any atom is 0.276 e. The fourth-order valence-electron chi connectivity index (χ4n) is 4.67. The van der Waals surface area contributed by atoms with Gasteiger partial charge in [0, 0.05) is 24.3 Å². The Morgan fingerprint density at radius 3 is 2.53 bits per heavy atom. The van der Waals surface area contributed by atoms with E-state index in [0.29, 0.717) is 17.9 Å². The van der Waals surface area contributed by atoms with Crippen molar-refractivity contribution >= 4 is 23.4 Å². The van der Waals surface area contributed by atoms with E-state index in [-0.39, 0.29) is 36.0 Å². The molecule has 2 aliphatic rings. The van der Waals surface area contributed by atoms with E-state index in [1.54, 1.807) is 11.8 Å². The van der Waals surface area contributed by atoms with Gasteiger partial charge in [-0.25, -0.2) is 0 Å². The number of aromatic nitrogens is 2. The first-order valence-electron chi connectivity index (χ1n) is 11.3. The lowest BCUT2D eigenvalue weighted by molar-refractivity contribution is -0.133. The molecule has 1 aromatic carbocycles. The molecule has 0 unspecified atom stereocenters. The average Bonchev–Trinajstić information content (AvgIpc) is 3.41. The molecule has 2 heterocycles. The number of fused-ring (bicyclic) bond motifs is 1. The number of anilines is 1. The Kier molecular flexibility index (Phi) is 5.79. The maximum absolute atomic E-state index is 13.2. The van der Waals surface area contributed by atoms with Crippen LogP contribution in [0.5, 0.6) is 0 Å². The van der Waals surface area contributed by atoms with Gasteiger partial charge in [0.05, 0.1) is 6.54 Å². The van der Waals surface area contributed by atoms with Crippen LogP contribution >= 0.6 is 0 Å². The number of nitrogens with one attached hydrogen (secondary N) is 2. The van der Waals surface area contributed by atoms with Crippen molar-refractivity contribution in [2.75, 3.05) is 11.9 Å². The van der Waals surface area contributed by atoms with E-state index in [4.69, 9.17) is 0 Å². The fraction of sp³-hybridized carbons (Fsp3) is 0.500. The zero-order valence-electron chi connectivity index (χ0n) is 19.2. The van der Waals surface area contributed by atoms with Gasteiger partial charge in [0.1, 0.15) is 11.2 Å². The highest BCUT2D eigenvalue weighted by Crippen LogP contribution is 2.29. The lowest BCUT2D eigenvalue weighted by atomic mass is 9.94. The molecule has 0 saturated heterocycles. The zero-order valence-corrected chi connectivity index (χ0v) is 19.2. The molecule has 0 radical (unpaired) electrons. The van der Waals surface area contributed by atoms with Crippen LogP contribution in [0.2, 0.25) is 0 Å². The molecule has 1 fully saturated rings. The van der Waals surface area contributed by atoms with Gasteiger partial charge in [0.25, 0.3) is 11.8 Å². The fourth-order valence-corrected chi connectivity index (χ4v) is 4.67. The van der Waals surface area contributed by atoms with Gasteiger partial charge in [-0.1, -0.05) is 18.9 Å². The molecule has 8 nitrogen and oxygen atoms in total. The molecule has 1 aliphatic heterocycles. The van der Waals surface area contributed by atoms with Gasteiger partial charge >= 0.3 is 0 Å². The summed E-state index contributed by atoms with van der Waals surface area (Å²) < 4.78 is 1.50. The molecule has 0 spiro atoms. The number of amides is 3. The quantitative estimate of drug-likeness (QED) is 0.751. The summed E-state index contributed by atoms with van der Waals surface area (Å²) in [6.45, 7) is 8.22. The SMILES string of the molecule is CCN1C(=O)c2cc(C(=O)Nc3ccc(C)c(C)c3)nn2C[C@]1(C)C(=O)NC1CCCC1. The third-order valence-corrected chi connectivity index (χ3v) is 6.79. The Morgan fingerprint density at radius 1 is 1.16 bits per heavy atom. The van der Waals surface area contributed by atoms with Gasteiger partial charge in [0.15, 0.2) is 5.69 Å². The molecule has 32 heavy (non-hydrogen) atoms. The predicted octanol–water partition coefficient (Wildman–Crippen LogP) is 3.05. The van der Waals surface area contributed by atoms with E-state index in [9.17, 15) is 14.4 Å². The highest BCUT2D eigenvalue weighted by molar-refractivity contribution is 6.06. The summed E-state index contributed by atoms with van der Waals surface area (Å²) in [5.74, 6) is -0.842. The highest BCUT2D eigenvalue weighted by atomic mass is 16.2. The molecular weight excluding hydrogens is 406 g/mol. The third kappa shape index (κ3) is 3.89. The van der Waals surface area contributed by atoms with Crippen LogP contribution in [-0.2, 0) is 11.3 Å². The monoisotopic (exact) mass is 437 g/mol. The van der Waals surface area contributed by atoms with Crippen LogP contribution in [0.1, 0.15) is 71.6 Å². The molecule has 8 heteroatoms. The van der Waals surface area contributed by atoms with Crippen LogP contribution < -0.4 is 10.6 Å². The number of nitrogens with zero attached hydrogens (tertiary/aromatic N) is 3. The van der Waals surface area contributed by atoms with Crippen LogP contribution in [0.15, 0.2) is 24.3 Å². The second kappa shape index (κ2) is 8.41. The maximum atomic E-state index is 13.2. The average molecular weight is 438 g/mol. The molecule has 2 aromatic rings. The van der Waals surface area contributed by atoms with Crippen molar-refractivity contribution in [3.63, 3.8) is 0 Å². The minimum Gasteiger partial charge on any atom is -0.351 e. The Bertz CT molecular complexity index is 1070. The van der Waals surface area contributed by atoms with Gasteiger partial charge in [0.2, 0.25) is 5.91 Å². The van der Waals surface area contributed by atoms with Crippen molar-refractivity contribution in [3.8, 4) is 0 Å². The van der Waals surface area contributed by atoms with Crippen LogP contribution in [0.25, 0.3) is 0 Å². The van der Waals surface area contributed by atoms with Gasteiger partial charge < -0.3 is 15.5 Å². The van der Waals surface area contributed by atoms with Crippen LogP contribution in [0.3, 0.4) is 0 Å². The lowest BCUT2D eigenvalue weighted by Gasteiger charge is -2.43. The molecular formula is C24H31N5O3. The van der Waals surface area contributed by atoms with Gasteiger partial charge in [-0.05, 0) is 63.8 Å². The second-order valence-electron chi connectivity index (χ2n) is 9.10. The first-order chi connectivity index (χ1) is 15.2. The predicted molar refractivity (Wildman–Crippen MR) is 122 cm³/mol. The van der Waals surface area contributed by atoms with Crippen molar-refractivity contribution in [1.82, 2.24) is 20.0 Å². The lowest BCUT2D eigenvalue weighted by Crippen LogP contribution is -2.64. The Labute approximate surface area is 188 Å². The van der Waals surface area contributed by atoms with Gasteiger partial charge in [-0.15, -0.1) is 0 Å². The Hall–Kier alpha value is -3.16. The summed E-state index contributed by atoms with van der Waals surface area (Å²) in [6, 6.07) is 7.35. The molecule has 1 aliphatic carbocycles. The standard InChI is InChI=1S/C24H31N5O3/c1-5-28-22(31)20-13-19(21(30)25-18-11-10-15(2)16(3)12-18)27-29(20)14-24(28,4)23(32)26-17-8-6-7-9-17/h10-13,17H,5-9,14H2,1-4H3,(H,25,30)(H,26,32)/t24-/m1/s1. The number of rotatable bonds is 5. The van der Waals surface area contributed by atoms with Gasteiger partial charge in [-0.2, -0.15) is 5.10 Å². The molecule has 2 N–H and O–H groups in total. The van der Waals surface area contributed by atoms with E-state index >= 15 is 0 Å². The topological polar surface area (TPSA) is 96.3 Å². The van der Waals surface area contributed by atoms with E-state index in [2.05, 4.69) is 15.7 Å². The van der Waals surface area contributed by atoms with E-state index < -0.39 is 5.54 Å². The number of likely N-dealkylation sites (N-methyl/N-ethyl adjacent to an activating group) is 1. The van der Waals surface area contributed by atoms with Crippen molar-refractivity contribution < 1.29 is 14.4 Å². The van der Waals surface area contributed by atoms with Crippen molar-refractivity contribution in [1.29, 1.82) is 0 Å². The van der Waals surface area contributed by atoms with Crippen molar-refractivity contribution in [2.45, 2.75) is 71.5 Å². The molecule has 0 bridgehead atoms. The zero-order chi connectivity index (χ0) is 23.0. The van der Waals surface area contributed by atoms with Crippen LogP contribution in [0, 0.1) is 13.8 Å². The smallest absolute Gasteiger partial charge is 0.276 e. The minimum atomic E-state index is -1.06. The van der Waals surface area contributed by atoms with Crippen LogP contribution in [-0.4, -0.2) is 50.5 Å². The first kappa shape index (κ1) is 22.0. The van der Waals surface area contributed by atoms with Crippen molar-refractivity contribution in [2.24, 2.45) is 0 Å². The largest absolute Gasteiger partial charge is 0.351 e. The van der Waals surface area contributed by atoms with E-state index in [1.807, 2.05) is 39.0 Å². The number of carbonyl (C=O) groups excluding carboxylic acids is 3. The summed E-state index contributed by atoms with van der Waals surface area (Å²) in [5.41, 5.74) is 2.30. The number of aryl methyl sites for hydroxylation is 2. The summed E-state index contributed by atoms with van der Waals surface area (Å²) in [6.07, 6.45) is 4.16. The number of hydrogen-bond acceptors (Lipinski definition) is 4. The van der Waals surface area contributed by atoms with E-state index in [0.717, 1.165) is 36.8 Å². The molecule has 3 amide bonds. The second-order valence-corrected chi connectivity index (χ2v) is 9.10. The summed E-state index contributed by atoms with van der Waals surface area (Å²) >= 11 is 0. The number of carbonyl (C=O) groups is 3. The first-order valence-corrected chi connectivity index (χ1v) is 11.3. The van der Waals surface area contributed by atoms with Gasteiger partial charge in [-0.3, -0.25) is 19.1 Å². The Morgan fingerprint density at radius 2 is 1.88 bits per heavy atom. The molecule has 4 rings (SSSR count). The third-order valence-electron chi connectivity index (χ3n) is 6.79. The number of hydrogen-bond donors (Lipinski definition) is 2. The molecule has 170 valence electrons. The van der Waals surface area contributed by atoms with Crippen molar-refractivity contribution in [3.05, 3.63) is 46.8 Å².